The van der Waals surface area contributed by atoms with E-state index in [2.05, 4.69) is 6.92 Å². The molecule has 0 aliphatic rings. The van der Waals surface area contributed by atoms with Gasteiger partial charge < -0.3 is 10.2 Å². The van der Waals surface area contributed by atoms with Gasteiger partial charge >= 0.3 is 0 Å². The lowest BCUT2D eigenvalue weighted by atomic mass is 9.86. The van der Waals surface area contributed by atoms with Gasteiger partial charge in [-0.25, -0.2) is 0 Å². The molecular formula is C9H20O2. The van der Waals surface area contributed by atoms with Crippen LogP contribution in [0.3, 0.4) is 0 Å². The highest BCUT2D eigenvalue weighted by Crippen LogP contribution is 2.22. The van der Waals surface area contributed by atoms with Crippen LogP contribution < -0.4 is 0 Å². The van der Waals surface area contributed by atoms with Crippen molar-refractivity contribution in [2.45, 2.75) is 39.5 Å². The zero-order valence-corrected chi connectivity index (χ0v) is 7.64. The molecule has 0 rings (SSSR count). The lowest BCUT2D eigenvalue weighted by Crippen LogP contribution is -2.25. The van der Waals surface area contributed by atoms with Crippen LogP contribution in [0.4, 0.5) is 0 Å². The Balaban J connectivity index is 3.51. The number of rotatable bonds is 6. The average molecular weight is 160 g/mol. The normalized spacial score (nSPS) is 12.0. The SMILES string of the molecule is CCCCCC(C)(CO)CO. The molecule has 0 heterocycles. The highest BCUT2D eigenvalue weighted by atomic mass is 16.3. The van der Waals surface area contributed by atoms with Crippen LogP contribution in [0, 0.1) is 5.41 Å². The highest BCUT2D eigenvalue weighted by Gasteiger charge is 2.20. The van der Waals surface area contributed by atoms with Crippen LogP contribution in [0.5, 0.6) is 0 Å². The minimum absolute atomic E-state index is 0.0905. The maximum absolute atomic E-state index is 8.92. The second kappa shape index (κ2) is 5.56. The molecule has 0 unspecified atom stereocenters. The number of unbranched alkanes of at least 4 members (excludes halogenated alkanes) is 2. The van der Waals surface area contributed by atoms with Crippen LogP contribution in [0.2, 0.25) is 0 Å². The lowest BCUT2D eigenvalue weighted by molar-refractivity contribution is 0.0606. The standard InChI is InChI=1S/C9H20O2/c1-3-4-5-6-9(2,7-10)8-11/h10-11H,3-8H2,1-2H3. The largest absolute Gasteiger partial charge is 0.396 e. The highest BCUT2D eigenvalue weighted by molar-refractivity contribution is 4.71. The van der Waals surface area contributed by atoms with Gasteiger partial charge in [0.2, 0.25) is 0 Å². The lowest BCUT2D eigenvalue weighted by Gasteiger charge is -2.24. The molecule has 0 fully saturated rings. The predicted octanol–water partition coefficient (Wildman–Crippen LogP) is 1.56. The molecule has 0 aliphatic carbocycles. The Bertz CT molecular complexity index is 87.6. The first-order valence-electron chi connectivity index (χ1n) is 4.40. The Morgan fingerprint density at radius 3 is 2.00 bits per heavy atom. The van der Waals surface area contributed by atoms with Crippen molar-refractivity contribution in [3.63, 3.8) is 0 Å². The summed E-state index contributed by atoms with van der Waals surface area (Å²) >= 11 is 0. The van der Waals surface area contributed by atoms with Gasteiger partial charge in [0.1, 0.15) is 0 Å². The third-order valence-corrected chi connectivity index (χ3v) is 2.15. The van der Waals surface area contributed by atoms with Gasteiger partial charge in [0.15, 0.2) is 0 Å². The van der Waals surface area contributed by atoms with Crippen LogP contribution in [0.15, 0.2) is 0 Å². The molecule has 0 spiro atoms. The summed E-state index contributed by atoms with van der Waals surface area (Å²) in [7, 11) is 0. The second-order valence-electron chi connectivity index (χ2n) is 3.58. The van der Waals surface area contributed by atoms with Crippen molar-refractivity contribution in [3.05, 3.63) is 0 Å². The first kappa shape index (κ1) is 10.9. The predicted molar refractivity (Wildman–Crippen MR) is 46.4 cm³/mol. The number of aliphatic hydroxyl groups is 2. The summed E-state index contributed by atoms with van der Waals surface area (Å²) in [5.41, 5.74) is -0.255. The first-order chi connectivity index (χ1) is 5.18. The molecule has 0 aromatic carbocycles. The van der Waals surface area contributed by atoms with E-state index in [1.165, 1.54) is 12.8 Å². The van der Waals surface area contributed by atoms with Gasteiger partial charge in [-0.2, -0.15) is 0 Å². The number of aliphatic hydroxyl groups excluding tert-OH is 2. The third kappa shape index (κ3) is 4.38. The molecule has 2 N–H and O–H groups in total. The van der Waals surface area contributed by atoms with E-state index in [4.69, 9.17) is 10.2 Å². The van der Waals surface area contributed by atoms with Gasteiger partial charge in [0, 0.05) is 5.41 Å². The van der Waals surface area contributed by atoms with Crippen molar-refractivity contribution in [2.24, 2.45) is 5.41 Å². The van der Waals surface area contributed by atoms with E-state index in [1.807, 2.05) is 6.92 Å². The number of hydrogen-bond donors (Lipinski definition) is 2. The Labute approximate surface area is 69.2 Å². The van der Waals surface area contributed by atoms with Crippen molar-refractivity contribution >= 4 is 0 Å². The van der Waals surface area contributed by atoms with Crippen LogP contribution in [0.25, 0.3) is 0 Å². The van der Waals surface area contributed by atoms with E-state index in [0.717, 1.165) is 12.8 Å². The maximum atomic E-state index is 8.92. The van der Waals surface area contributed by atoms with Gasteiger partial charge in [-0.3, -0.25) is 0 Å². The minimum Gasteiger partial charge on any atom is -0.396 e. The van der Waals surface area contributed by atoms with E-state index in [-0.39, 0.29) is 18.6 Å². The average Bonchev–Trinajstić information content (AvgIpc) is 2.05. The van der Waals surface area contributed by atoms with Crippen LogP contribution in [0.1, 0.15) is 39.5 Å². The molecule has 0 aliphatic heterocycles. The van der Waals surface area contributed by atoms with Crippen molar-refractivity contribution in [1.29, 1.82) is 0 Å². The smallest absolute Gasteiger partial charge is 0.0506 e. The summed E-state index contributed by atoms with van der Waals surface area (Å²) in [6, 6.07) is 0. The molecule has 2 heteroatoms. The van der Waals surface area contributed by atoms with Crippen LogP contribution in [-0.4, -0.2) is 23.4 Å². The van der Waals surface area contributed by atoms with Crippen molar-refractivity contribution in [3.8, 4) is 0 Å². The summed E-state index contributed by atoms with van der Waals surface area (Å²) in [6.45, 7) is 4.25. The molecule has 68 valence electrons. The summed E-state index contributed by atoms with van der Waals surface area (Å²) in [5.74, 6) is 0. The van der Waals surface area contributed by atoms with Gasteiger partial charge in [0.25, 0.3) is 0 Å². The van der Waals surface area contributed by atoms with Crippen molar-refractivity contribution in [1.82, 2.24) is 0 Å². The van der Waals surface area contributed by atoms with Gasteiger partial charge in [-0.15, -0.1) is 0 Å². The molecular weight excluding hydrogens is 140 g/mol. The fourth-order valence-corrected chi connectivity index (χ4v) is 1.01. The molecule has 11 heavy (non-hydrogen) atoms. The van der Waals surface area contributed by atoms with Crippen LogP contribution >= 0.6 is 0 Å². The van der Waals surface area contributed by atoms with E-state index in [9.17, 15) is 0 Å². The summed E-state index contributed by atoms with van der Waals surface area (Å²) in [6.07, 6.45) is 4.41. The van der Waals surface area contributed by atoms with Crippen LogP contribution in [-0.2, 0) is 0 Å². The summed E-state index contributed by atoms with van der Waals surface area (Å²) in [4.78, 5) is 0. The molecule has 2 nitrogen and oxygen atoms in total. The Hall–Kier alpha value is -0.0800. The molecule has 0 radical (unpaired) electrons. The molecule has 0 atom stereocenters. The van der Waals surface area contributed by atoms with E-state index in [0.29, 0.717) is 0 Å². The summed E-state index contributed by atoms with van der Waals surface area (Å²) < 4.78 is 0. The Morgan fingerprint density at radius 2 is 1.64 bits per heavy atom. The molecule has 0 amide bonds. The third-order valence-electron chi connectivity index (χ3n) is 2.15. The fraction of sp³-hybridized carbons (Fsp3) is 1.00. The molecule has 0 bridgehead atoms. The van der Waals surface area contributed by atoms with Gasteiger partial charge in [0.05, 0.1) is 13.2 Å². The molecule has 0 aromatic rings. The Kier molecular flexibility index (Phi) is 5.51. The second-order valence-corrected chi connectivity index (χ2v) is 3.58. The maximum Gasteiger partial charge on any atom is 0.0506 e. The molecule has 0 saturated carbocycles. The molecule has 0 aromatic heterocycles. The van der Waals surface area contributed by atoms with E-state index in [1.54, 1.807) is 0 Å². The quantitative estimate of drug-likeness (QED) is 0.579. The zero-order valence-electron chi connectivity index (χ0n) is 7.64. The minimum atomic E-state index is -0.255. The fourth-order valence-electron chi connectivity index (χ4n) is 1.01. The van der Waals surface area contributed by atoms with Crippen molar-refractivity contribution < 1.29 is 10.2 Å². The van der Waals surface area contributed by atoms with Gasteiger partial charge in [-0.05, 0) is 6.42 Å². The van der Waals surface area contributed by atoms with E-state index >= 15 is 0 Å². The van der Waals surface area contributed by atoms with Crippen molar-refractivity contribution in [2.75, 3.05) is 13.2 Å². The molecule has 0 saturated heterocycles. The first-order valence-corrected chi connectivity index (χ1v) is 4.40. The zero-order chi connectivity index (χ0) is 8.74. The summed E-state index contributed by atoms with van der Waals surface area (Å²) in [5, 5.41) is 17.8. The topological polar surface area (TPSA) is 40.5 Å². The van der Waals surface area contributed by atoms with Gasteiger partial charge in [-0.1, -0.05) is 33.1 Å². The number of hydrogen-bond acceptors (Lipinski definition) is 2. The Morgan fingerprint density at radius 1 is 1.09 bits per heavy atom. The van der Waals surface area contributed by atoms with E-state index < -0.39 is 0 Å². The monoisotopic (exact) mass is 160 g/mol.